The predicted molar refractivity (Wildman–Crippen MR) is 74.3 cm³/mol. The van der Waals surface area contributed by atoms with Crippen molar-refractivity contribution in [1.82, 2.24) is 14.7 Å². The standard InChI is InChI=1S/C15H20F3N3O/c16-15(17,18)13-9-12(11-5-6-11)21(19-13)10-14(22)20-7-3-1-2-4-8-20/h9,11H,1-8,10H2. The minimum absolute atomic E-state index is 0.0814. The molecule has 7 heteroatoms. The van der Waals surface area contributed by atoms with Gasteiger partial charge in [-0.1, -0.05) is 12.8 Å². The number of likely N-dealkylation sites (tertiary alicyclic amines) is 1. The van der Waals surface area contributed by atoms with Gasteiger partial charge in [0.2, 0.25) is 5.91 Å². The maximum atomic E-state index is 12.8. The highest BCUT2D eigenvalue weighted by molar-refractivity contribution is 5.76. The first kappa shape index (κ1) is 15.4. The molecule has 1 saturated carbocycles. The van der Waals surface area contributed by atoms with Crippen LogP contribution in [0.15, 0.2) is 6.07 Å². The molecule has 1 aromatic rings. The molecule has 1 aromatic heterocycles. The molecular weight excluding hydrogens is 295 g/mol. The molecule has 122 valence electrons. The number of rotatable bonds is 3. The zero-order valence-corrected chi connectivity index (χ0v) is 12.4. The lowest BCUT2D eigenvalue weighted by molar-refractivity contribution is -0.142. The molecule has 2 heterocycles. The highest BCUT2D eigenvalue weighted by atomic mass is 19.4. The summed E-state index contributed by atoms with van der Waals surface area (Å²) in [4.78, 5) is 14.1. The third-order valence-electron chi connectivity index (χ3n) is 4.34. The van der Waals surface area contributed by atoms with Gasteiger partial charge in [-0.05, 0) is 31.7 Å². The van der Waals surface area contributed by atoms with Gasteiger partial charge >= 0.3 is 6.18 Å². The van der Waals surface area contributed by atoms with Crippen molar-refractivity contribution in [2.75, 3.05) is 13.1 Å². The van der Waals surface area contributed by atoms with E-state index in [9.17, 15) is 18.0 Å². The number of aromatic nitrogens is 2. The Labute approximate surface area is 127 Å². The Morgan fingerprint density at radius 3 is 2.36 bits per heavy atom. The molecule has 0 radical (unpaired) electrons. The van der Waals surface area contributed by atoms with Crippen LogP contribution < -0.4 is 0 Å². The topological polar surface area (TPSA) is 38.1 Å². The summed E-state index contributed by atoms with van der Waals surface area (Å²) in [7, 11) is 0. The van der Waals surface area contributed by atoms with Crippen molar-refractivity contribution >= 4 is 5.91 Å². The fourth-order valence-electron chi connectivity index (χ4n) is 2.95. The van der Waals surface area contributed by atoms with E-state index in [0.29, 0.717) is 18.8 Å². The smallest absolute Gasteiger partial charge is 0.341 e. The van der Waals surface area contributed by atoms with Crippen LogP contribution in [0, 0.1) is 0 Å². The van der Waals surface area contributed by atoms with Gasteiger partial charge in [-0.2, -0.15) is 18.3 Å². The van der Waals surface area contributed by atoms with Crippen LogP contribution in [0.1, 0.15) is 55.8 Å². The average molecular weight is 315 g/mol. The minimum Gasteiger partial charge on any atom is -0.341 e. The average Bonchev–Trinajstić information content (AvgIpc) is 3.24. The second-order valence-electron chi connectivity index (χ2n) is 6.18. The summed E-state index contributed by atoms with van der Waals surface area (Å²) in [5.41, 5.74) is -0.339. The number of amides is 1. The fraction of sp³-hybridized carbons (Fsp3) is 0.733. The van der Waals surface area contributed by atoms with Crippen LogP contribution in [0.4, 0.5) is 13.2 Å². The molecule has 22 heavy (non-hydrogen) atoms. The van der Waals surface area contributed by atoms with Gasteiger partial charge in [-0.25, -0.2) is 0 Å². The number of hydrogen-bond donors (Lipinski definition) is 0. The van der Waals surface area contributed by atoms with E-state index >= 15 is 0 Å². The van der Waals surface area contributed by atoms with Crippen molar-refractivity contribution in [3.8, 4) is 0 Å². The van der Waals surface area contributed by atoms with Crippen LogP contribution in [-0.2, 0) is 17.5 Å². The van der Waals surface area contributed by atoms with Crippen molar-refractivity contribution in [2.24, 2.45) is 0 Å². The monoisotopic (exact) mass is 315 g/mol. The lowest BCUT2D eigenvalue weighted by atomic mass is 10.2. The van der Waals surface area contributed by atoms with Crippen LogP contribution >= 0.6 is 0 Å². The lowest BCUT2D eigenvalue weighted by Gasteiger charge is -2.20. The first-order valence-corrected chi connectivity index (χ1v) is 7.88. The Balaban J connectivity index is 1.75. The number of carbonyl (C=O) groups is 1. The van der Waals surface area contributed by atoms with Gasteiger partial charge in [0.1, 0.15) is 6.54 Å². The van der Waals surface area contributed by atoms with Gasteiger partial charge in [-0.15, -0.1) is 0 Å². The van der Waals surface area contributed by atoms with Crippen LogP contribution in [0.25, 0.3) is 0 Å². The number of alkyl halides is 3. The summed E-state index contributed by atoms with van der Waals surface area (Å²) >= 11 is 0. The van der Waals surface area contributed by atoms with Gasteiger partial charge in [0.15, 0.2) is 5.69 Å². The highest BCUT2D eigenvalue weighted by Gasteiger charge is 2.38. The summed E-state index contributed by atoms with van der Waals surface area (Å²) in [6, 6.07) is 1.10. The van der Waals surface area contributed by atoms with Gasteiger partial charge in [-0.3, -0.25) is 9.48 Å². The molecule has 0 spiro atoms. The van der Waals surface area contributed by atoms with Crippen LogP contribution in [0.3, 0.4) is 0 Å². The number of hydrogen-bond acceptors (Lipinski definition) is 2. The molecule has 1 amide bonds. The van der Waals surface area contributed by atoms with E-state index in [1.807, 2.05) is 0 Å². The van der Waals surface area contributed by atoms with Gasteiger partial charge in [0.25, 0.3) is 0 Å². The maximum absolute atomic E-state index is 12.8. The van der Waals surface area contributed by atoms with Gasteiger partial charge < -0.3 is 4.90 Å². The molecule has 0 atom stereocenters. The molecule has 1 aliphatic heterocycles. The van der Waals surface area contributed by atoms with Crippen LogP contribution in [0.5, 0.6) is 0 Å². The third-order valence-corrected chi connectivity index (χ3v) is 4.34. The molecule has 2 aliphatic rings. The summed E-state index contributed by atoms with van der Waals surface area (Å²) in [6.07, 6.45) is 1.44. The van der Waals surface area contributed by atoms with E-state index in [1.165, 1.54) is 4.68 Å². The molecule has 3 rings (SSSR count). The second-order valence-corrected chi connectivity index (χ2v) is 6.18. The summed E-state index contributed by atoms with van der Waals surface area (Å²) in [5, 5.41) is 3.65. The molecular formula is C15H20F3N3O. The fourth-order valence-corrected chi connectivity index (χ4v) is 2.95. The second kappa shape index (κ2) is 5.93. The van der Waals surface area contributed by atoms with Gasteiger partial charge in [0, 0.05) is 24.7 Å². The third kappa shape index (κ3) is 3.44. The van der Waals surface area contributed by atoms with Crippen molar-refractivity contribution < 1.29 is 18.0 Å². The van der Waals surface area contributed by atoms with E-state index in [4.69, 9.17) is 0 Å². The van der Waals surface area contributed by atoms with E-state index in [2.05, 4.69) is 5.10 Å². The van der Waals surface area contributed by atoms with E-state index in [0.717, 1.165) is 44.6 Å². The first-order valence-electron chi connectivity index (χ1n) is 7.88. The molecule has 0 aromatic carbocycles. The molecule has 0 unspecified atom stereocenters. The van der Waals surface area contributed by atoms with Crippen LogP contribution in [-0.4, -0.2) is 33.7 Å². The first-order chi connectivity index (χ1) is 10.4. The highest BCUT2D eigenvalue weighted by Crippen LogP contribution is 2.42. The van der Waals surface area contributed by atoms with Gasteiger partial charge in [0.05, 0.1) is 0 Å². The largest absolute Gasteiger partial charge is 0.435 e. The Morgan fingerprint density at radius 2 is 1.82 bits per heavy atom. The molecule has 0 N–H and O–H groups in total. The van der Waals surface area contributed by atoms with E-state index in [-0.39, 0.29) is 18.4 Å². The van der Waals surface area contributed by atoms with Crippen molar-refractivity contribution in [3.05, 3.63) is 17.5 Å². The number of nitrogens with zero attached hydrogens (tertiary/aromatic N) is 3. The SMILES string of the molecule is O=C(Cn1nc(C(F)(F)F)cc1C1CC1)N1CCCCCC1. The molecule has 0 bridgehead atoms. The van der Waals surface area contributed by atoms with Crippen LogP contribution in [0.2, 0.25) is 0 Å². The van der Waals surface area contributed by atoms with E-state index < -0.39 is 11.9 Å². The van der Waals surface area contributed by atoms with Crippen molar-refractivity contribution in [1.29, 1.82) is 0 Å². The zero-order chi connectivity index (χ0) is 15.7. The Kier molecular flexibility index (Phi) is 4.14. The Morgan fingerprint density at radius 1 is 1.18 bits per heavy atom. The zero-order valence-electron chi connectivity index (χ0n) is 12.4. The molecule has 2 fully saturated rings. The van der Waals surface area contributed by atoms with Crippen molar-refractivity contribution in [3.63, 3.8) is 0 Å². The molecule has 4 nitrogen and oxygen atoms in total. The number of carbonyl (C=O) groups excluding carboxylic acids is 1. The quantitative estimate of drug-likeness (QED) is 0.859. The normalized spacial score (nSPS) is 20.0. The van der Waals surface area contributed by atoms with E-state index in [1.54, 1.807) is 4.90 Å². The number of halogens is 3. The summed E-state index contributed by atoms with van der Waals surface area (Å²) < 4.78 is 39.8. The molecule has 1 aliphatic carbocycles. The Hall–Kier alpha value is -1.53. The summed E-state index contributed by atoms with van der Waals surface area (Å²) in [6.45, 7) is 1.32. The summed E-state index contributed by atoms with van der Waals surface area (Å²) in [5.74, 6) is 0.00107. The molecule has 1 saturated heterocycles. The lowest BCUT2D eigenvalue weighted by Crippen LogP contribution is -2.35. The van der Waals surface area contributed by atoms with Crippen molar-refractivity contribution in [2.45, 2.75) is 57.2 Å². The predicted octanol–water partition coefficient (Wildman–Crippen LogP) is 3.18. The minimum atomic E-state index is -4.46. The maximum Gasteiger partial charge on any atom is 0.435 e. The Bertz CT molecular complexity index is 541.